The molecule has 3 aromatic heterocycles. The zero-order chi connectivity index (χ0) is 42.2. The number of benzene rings is 3. The first-order valence-electron chi connectivity index (χ1n) is 19.6. The second-order valence-electron chi connectivity index (χ2n) is 14.3. The van der Waals surface area contributed by atoms with Crippen LogP contribution in [0.3, 0.4) is 0 Å². The van der Waals surface area contributed by atoms with Gasteiger partial charge in [-0.1, -0.05) is 30.3 Å². The number of nitrogens with one attached hydrogen (secondary N) is 3. The van der Waals surface area contributed by atoms with Crippen molar-refractivity contribution in [2.45, 2.75) is 19.8 Å². The molecule has 4 heterocycles. The topological polar surface area (TPSA) is 173 Å². The summed E-state index contributed by atoms with van der Waals surface area (Å²) >= 11 is 6.71. The van der Waals surface area contributed by atoms with Crippen LogP contribution in [0.5, 0.6) is 11.8 Å². The Balaban J connectivity index is 0.771. The highest BCUT2D eigenvalue weighted by Gasteiger charge is 2.28. The lowest BCUT2D eigenvalue weighted by molar-refractivity contribution is -0.133. The third-order valence-corrected chi connectivity index (χ3v) is 10.4. The van der Waals surface area contributed by atoms with Crippen molar-refractivity contribution in [3.05, 3.63) is 107 Å². The number of hydrogen-bond donors (Lipinski definition) is 3. The summed E-state index contributed by atoms with van der Waals surface area (Å²) in [6, 6.07) is 21.0. The minimum absolute atomic E-state index is 0.0392. The van der Waals surface area contributed by atoms with Crippen LogP contribution < -0.4 is 20.3 Å². The van der Waals surface area contributed by atoms with E-state index < -0.39 is 0 Å². The molecule has 60 heavy (non-hydrogen) atoms. The summed E-state index contributed by atoms with van der Waals surface area (Å²) in [5, 5.41) is 7.40. The average molecular weight is 836 g/mol. The molecule has 0 saturated carbocycles. The van der Waals surface area contributed by atoms with Gasteiger partial charge in [0.25, 0.3) is 11.9 Å². The van der Waals surface area contributed by atoms with Gasteiger partial charge in [-0.15, -0.1) is 0 Å². The van der Waals surface area contributed by atoms with E-state index in [-0.39, 0.29) is 49.2 Å². The van der Waals surface area contributed by atoms with E-state index in [9.17, 15) is 19.2 Å². The van der Waals surface area contributed by atoms with E-state index in [0.717, 1.165) is 33.1 Å². The highest BCUT2D eigenvalue weighted by Crippen LogP contribution is 2.35. The Morgan fingerprint density at radius 2 is 1.77 bits per heavy atom. The van der Waals surface area contributed by atoms with Gasteiger partial charge in [-0.25, -0.2) is 0 Å². The number of amides is 4. The molecule has 16 heteroatoms. The molecule has 0 radical (unpaired) electrons. The van der Waals surface area contributed by atoms with E-state index in [1.54, 1.807) is 24.3 Å². The molecule has 3 aromatic carbocycles. The molecule has 6 aromatic rings. The standard InChI is InChI=1S/C44H46ClN7O8/c1-4-40(54)51-17-18-52(41(55)27-51)42-12-9-31(59-42)8-11-39(53)46-14-19-57-21-22-58-20-15-47-43(56)33-24-32(7-5-28(33)2)60-44-48-36-25-34(35(45)26-37(36)49-44)29-6-10-38-30(23-29)13-16-50(38)3/h4-7,9-10,12-13,16,23-26H,1,8,11,14-15,17-22,27H2,2-3H3,(H,46,53)(H,47,56)(H,48,49). The molecule has 0 aliphatic carbocycles. The van der Waals surface area contributed by atoms with Gasteiger partial charge in [0.05, 0.1) is 42.5 Å². The Hall–Kier alpha value is -6.42. The minimum Gasteiger partial charge on any atom is -0.445 e. The fourth-order valence-corrected chi connectivity index (χ4v) is 7.13. The fraction of sp³-hybridized carbons (Fsp3) is 0.295. The van der Waals surface area contributed by atoms with Gasteiger partial charge in [0.2, 0.25) is 23.6 Å². The van der Waals surface area contributed by atoms with Crippen LogP contribution in [-0.4, -0.2) is 102 Å². The van der Waals surface area contributed by atoms with Crippen molar-refractivity contribution in [2.75, 3.05) is 64.1 Å². The number of carbonyl (C=O) groups is 4. The summed E-state index contributed by atoms with van der Waals surface area (Å²) in [6.07, 6.45) is 3.79. The van der Waals surface area contributed by atoms with Gasteiger partial charge in [0.15, 0.2) is 0 Å². The number of rotatable bonds is 18. The number of anilines is 1. The van der Waals surface area contributed by atoms with Gasteiger partial charge in [-0.3, -0.25) is 24.1 Å². The maximum absolute atomic E-state index is 13.1. The molecule has 0 spiro atoms. The van der Waals surface area contributed by atoms with E-state index >= 15 is 0 Å². The van der Waals surface area contributed by atoms with E-state index in [0.29, 0.717) is 85.9 Å². The first-order valence-corrected chi connectivity index (χ1v) is 20.0. The zero-order valence-electron chi connectivity index (χ0n) is 33.4. The third kappa shape index (κ3) is 10.1. The first kappa shape index (κ1) is 41.7. The summed E-state index contributed by atoms with van der Waals surface area (Å²) in [5.74, 6) is 0.480. The Labute approximate surface area is 351 Å². The predicted octanol–water partition coefficient (Wildman–Crippen LogP) is 5.94. The molecular weight excluding hydrogens is 790 g/mol. The van der Waals surface area contributed by atoms with Gasteiger partial charge in [-0.2, -0.15) is 4.98 Å². The Kier molecular flexibility index (Phi) is 13.3. The van der Waals surface area contributed by atoms with E-state index in [1.807, 2.05) is 44.4 Å². The van der Waals surface area contributed by atoms with Crippen molar-refractivity contribution in [1.29, 1.82) is 0 Å². The quantitative estimate of drug-likeness (QED) is 0.0700. The largest absolute Gasteiger partial charge is 0.445 e. The number of hydrogen-bond acceptors (Lipinski definition) is 9. The number of carbonyl (C=O) groups excluding carboxylic acids is 4. The van der Waals surface area contributed by atoms with Crippen LogP contribution in [0.15, 0.2) is 90.0 Å². The molecule has 1 aliphatic rings. The molecule has 1 saturated heterocycles. The molecule has 0 bridgehead atoms. The number of aromatic nitrogens is 3. The Morgan fingerprint density at radius 3 is 2.55 bits per heavy atom. The van der Waals surface area contributed by atoms with Crippen LogP contribution in [0.2, 0.25) is 5.02 Å². The number of imidazole rings is 1. The Bertz CT molecular complexity index is 2540. The molecule has 312 valence electrons. The molecule has 3 N–H and O–H groups in total. The maximum atomic E-state index is 13.1. The smallest absolute Gasteiger partial charge is 0.300 e. The lowest BCUT2D eigenvalue weighted by Gasteiger charge is -2.32. The van der Waals surface area contributed by atoms with Crippen molar-refractivity contribution >= 4 is 63.1 Å². The Morgan fingerprint density at radius 1 is 0.967 bits per heavy atom. The predicted molar refractivity (Wildman–Crippen MR) is 227 cm³/mol. The molecule has 0 unspecified atom stereocenters. The summed E-state index contributed by atoms with van der Waals surface area (Å²) < 4.78 is 25.1. The molecule has 4 amide bonds. The van der Waals surface area contributed by atoms with Crippen LogP contribution in [0.4, 0.5) is 5.88 Å². The van der Waals surface area contributed by atoms with Crippen LogP contribution >= 0.6 is 11.6 Å². The van der Waals surface area contributed by atoms with Crippen LogP contribution in [0, 0.1) is 6.92 Å². The monoisotopic (exact) mass is 835 g/mol. The zero-order valence-corrected chi connectivity index (χ0v) is 34.2. The van der Waals surface area contributed by atoms with E-state index in [1.165, 1.54) is 15.9 Å². The number of ether oxygens (including phenoxy) is 3. The lowest BCUT2D eigenvalue weighted by Crippen LogP contribution is -2.52. The second-order valence-corrected chi connectivity index (χ2v) is 14.7. The minimum atomic E-state index is -0.284. The highest BCUT2D eigenvalue weighted by molar-refractivity contribution is 6.34. The molecule has 15 nitrogen and oxygen atoms in total. The molecule has 7 rings (SSSR count). The van der Waals surface area contributed by atoms with Gasteiger partial charge in [0.1, 0.15) is 18.1 Å². The summed E-state index contributed by atoms with van der Waals surface area (Å²) in [7, 11) is 2.01. The van der Waals surface area contributed by atoms with Gasteiger partial charge in [-0.05, 0) is 72.7 Å². The number of aromatic amines is 1. The number of aryl methyl sites for hydroxylation is 3. The van der Waals surface area contributed by atoms with Crippen LogP contribution in [0.1, 0.15) is 28.1 Å². The number of H-pyrrole nitrogens is 1. The maximum Gasteiger partial charge on any atom is 0.300 e. The lowest BCUT2D eigenvalue weighted by atomic mass is 10.0. The molecule has 1 fully saturated rings. The molecule has 1 aliphatic heterocycles. The van der Waals surface area contributed by atoms with E-state index in [4.69, 9.17) is 30.2 Å². The molecular formula is C44H46ClN7O8. The third-order valence-electron chi connectivity index (χ3n) is 10.1. The van der Waals surface area contributed by atoms with Gasteiger partial charge in [0, 0.05) is 80.4 Å². The van der Waals surface area contributed by atoms with Gasteiger partial charge >= 0.3 is 0 Å². The van der Waals surface area contributed by atoms with Crippen molar-refractivity contribution < 1.29 is 37.8 Å². The normalized spacial score (nSPS) is 12.9. The van der Waals surface area contributed by atoms with Crippen molar-refractivity contribution in [2.24, 2.45) is 7.05 Å². The summed E-state index contributed by atoms with van der Waals surface area (Å²) in [5.41, 5.74) is 5.66. The fourth-order valence-electron chi connectivity index (χ4n) is 6.86. The van der Waals surface area contributed by atoms with Crippen LogP contribution in [0.25, 0.3) is 33.1 Å². The highest BCUT2D eigenvalue weighted by atomic mass is 35.5. The van der Waals surface area contributed by atoms with Crippen molar-refractivity contribution in [3.63, 3.8) is 0 Å². The van der Waals surface area contributed by atoms with Crippen LogP contribution in [-0.2, 0) is 37.3 Å². The summed E-state index contributed by atoms with van der Waals surface area (Å²) in [6.45, 7) is 7.85. The number of halogens is 1. The second kappa shape index (κ2) is 19.1. The number of furan rings is 1. The average Bonchev–Trinajstić information content (AvgIpc) is 3.98. The number of nitrogens with zero attached hydrogens (tertiary/aromatic N) is 4. The SMILES string of the molecule is C=CC(=O)N1CCN(c2ccc(CCC(=O)NCCOCCOCCNC(=O)c3cc(Oc4nc5cc(-c6ccc7c(ccn7C)c6)c(Cl)cc5[nH]4)ccc3C)o2)C(=O)C1. The van der Waals surface area contributed by atoms with E-state index in [2.05, 4.69) is 49.9 Å². The molecule has 0 atom stereocenters. The summed E-state index contributed by atoms with van der Waals surface area (Å²) in [4.78, 5) is 60.4. The van der Waals surface area contributed by atoms with Gasteiger partial charge < -0.3 is 43.7 Å². The first-order chi connectivity index (χ1) is 29.1. The van der Waals surface area contributed by atoms with Crippen molar-refractivity contribution in [3.8, 4) is 22.9 Å². The van der Waals surface area contributed by atoms with Crippen molar-refractivity contribution in [1.82, 2.24) is 30.1 Å². The number of piperazine rings is 1. The number of fused-ring (bicyclic) bond motifs is 2.